The van der Waals surface area contributed by atoms with Gasteiger partial charge in [0.05, 0.1) is 0 Å². The Morgan fingerprint density at radius 1 is 1.30 bits per heavy atom. The maximum atomic E-state index is 11.9. The third-order valence-corrected chi connectivity index (χ3v) is 4.52. The van der Waals surface area contributed by atoms with E-state index in [0.717, 1.165) is 48.0 Å². The first-order chi connectivity index (χ1) is 11.0. The molecule has 0 atom stereocenters. The van der Waals surface area contributed by atoms with Gasteiger partial charge >= 0.3 is 0 Å². The number of benzene rings is 1. The average Bonchev–Trinajstić information content (AvgIpc) is 2.50. The second-order valence-corrected chi connectivity index (χ2v) is 7.02. The lowest BCUT2D eigenvalue weighted by atomic mass is 10.0. The molecule has 1 aliphatic rings. The van der Waals surface area contributed by atoms with Gasteiger partial charge in [-0.15, -0.1) is 0 Å². The van der Waals surface area contributed by atoms with Crippen LogP contribution in [-0.4, -0.2) is 35.6 Å². The second-order valence-electron chi connectivity index (χ2n) is 7.02. The summed E-state index contributed by atoms with van der Waals surface area (Å²) in [7, 11) is 0. The number of likely N-dealkylation sites (tertiary alicyclic amines) is 1. The molecular weight excluding hydrogens is 288 g/mol. The molecular formula is C19H26N2O2. The number of H-pyrrole nitrogens is 1. The molecule has 2 aromatic rings. The summed E-state index contributed by atoms with van der Waals surface area (Å²) in [6, 6.07) is 5.85. The highest BCUT2D eigenvalue weighted by molar-refractivity contribution is 5.83. The van der Waals surface area contributed by atoms with Gasteiger partial charge in [0.15, 0.2) is 0 Å². The van der Waals surface area contributed by atoms with Crippen LogP contribution in [0.4, 0.5) is 0 Å². The zero-order valence-corrected chi connectivity index (χ0v) is 14.3. The van der Waals surface area contributed by atoms with E-state index in [0.29, 0.717) is 5.92 Å². The number of aromatic nitrogens is 1. The van der Waals surface area contributed by atoms with Crippen molar-refractivity contribution in [3.05, 3.63) is 40.3 Å². The van der Waals surface area contributed by atoms with Gasteiger partial charge in [0.25, 0.3) is 5.56 Å². The third kappa shape index (κ3) is 3.75. The van der Waals surface area contributed by atoms with Crippen LogP contribution in [0.5, 0.6) is 5.75 Å². The number of hydrogen-bond acceptors (Lipinski definition) is 3. The zero-order chi connectivity index (χ0) is 16.4. The highest BCUT2D eigenvalue weighted by atomic mass is 16.5. The maximum Gasteiger partial charge on any atom is 0.255 e. The number of aryl methyl sites for hydroxylation is 1. The molecule has 0 spiro atoms. The van der Waals surface area contributed by atoms with Crippen molar-refractivity contribution in [2.75, 3.05) is 19.6 Å². The summed E-state index contributed by atoms with van der Waals surface area (Å²) in [5.74, 6) is 1.62. The van der Waals surface area contributed by atoms with Crippen LogP contribution in [-0.2, 0) is 0 Å². The van der Waals surface area contributed by atoms with E-state index < -0.39 is 0 Å². The standard InChI is InChI=1S/C19H26N2O2/c1-13(2)12-21-8-5-16(6-9-21)23-18-11-15-4-7-20-19(22)17(15)10-14(18)3/h4,7,10-11,13,16H,5-6,8-9,12H2,1-3H3,(H,20,22). The van der Waals surface area contributed by atoms with Gasteiger partial charge in [0.2, 0.25) is 0 Å². The quantitative estimate of drug-likeness (QED) is 0.941. The fraction of sp³-hybridized carbons (Fsp3) is 0.526. The van der Waals surface area contributed by atoms with Crippen LogP contribution in [0.25, 0.3) is 10.8 Å². The number of pyridine rings is 1. The van der Waals surface area contributed by atoms with Gasteiger partial charge in [-0.3, -0.25) is 4.79 Å². The minimum Gasteiger partial charge on any atom is -0.490 e. The highest BCUT2D eigenvalue weighted by Gasteiger charge is 2.21. The lowest BCUT2D eigenvalue weighted by Gasteiger charge is -2.33. The van der Waals surface area contributed by atoms with Crippen molar-refractivity contribution >= 4 is 10.8 Å². The predicted octanol–water partition coefficient (Wildman–Crippen LogP) is 3.34. The van der Waals surface area contributed by atoms with Crippen LogP contribution in [0.1, 0.15) is 32.3 Å². The molecule has 0 amide bonds. The lowest BCUT2D eigenvalue weighted by molar-refractivity contribution is 0.0937. The summed E-state index contributed by atoms with van der Waals surface area (Å²) in [4.78, 5) is 17.1. The van der Waals surface area contributed by atoms with Gasteiger partial charge in [0, 0.05) is 31.2 Å². The Morgan fingerprint density at radius 2 is 2.04 bits per heavy atom. The van der Waals surface area contributed by atoms with Crippen molar-refractivity contribution in [1.82, 2.24) is 9.88 Å². The van der Waals surface area contributed by atoms with Crippen LogP contribution in [0.2, 0.25) is 0 Å². The lowest BCUT2D eigenvalue weighted by Crippen LogP contribution is -2.40. The largest absolute Gasteiger partial charge is 0.490 e. The molecule has 0 bridgehead atoms. The Kier molecular flexibility index (Phi) is 4.71. The first-order valence-corrected chi connectivity index (χ1v) is 8.54. The highest BCUT2D eigenvalue weighted by Crippen LogP contribution is 2.26. The molecule has 1 saturated heterocycles. The van der Waals surface area contributed by atoms with Gasteiger partial charge in [-0.25, -0.2) is 0 Å². The van der Waals surface area contributed by atoms with Crippen LogP contribution < -0.4 is 10.3 Å². The van der Waals surface area contributed by atoms with E-state index in [-0.39, 0.29) is 11.7 Å². The molecule has 0 unspecified atom stereocenters. The summed E-state index contributed by atoms with van der Waals surface area (Å²) >= 11 is 0. The van der Waals surface area contributed by atoms with E-state index in [4.69, 9.17) is 4.74 Å². The number of hydrogen-bond donors (Lipinski definition) is 1. The number of piperidine rings is 1. The van der Waals surface area contributed by atoms with Crippen LogP contribution in [0, 0.1) is 12.8 Å². The molecule has 0 aliphatic carbocycles. The minimum atomic E-state index is -0.0425. The summed E-state index contributed by atoms with van der Waals surface area (Å²) in [5.41, 5.74) is 0.984. The van der Waals surface area contributed by atoms with Gasteiger partial charge in [-0.05, 0) is 54.8 Å². The van der Waals surface area contributed by atoms with Gasteiger partial charge < -0.3 is 14.6 Å². The van der Waals surface area contributed by atoms with E-state index in [9.17, 15) is 4.79 Å². The van der Waals surface area contributed by atoms with E-state index in [1.165, 1.54) is 6.54 Å². The molecule has 4 nitrogen and oxygen atoms in total. The van der Waals surface area contributed by atoms with Gasteiger partial charge in [-0.1, -0.05) is 13.8 Å². The second kappa shape index (κ2) is 6.75. The molecule has 4 heteroatoms. The van der Waals surface area contributed by atoms with Crippen molar-refractivity contribution in [2.24, 2.45) is 5.92 Å². The average molecular weight is 314 g/mol. The summed E-state index contributed by atoms with van der Waals surface area (Å²) in [6.45, 7) is 9.93. The fourth-order valence-electron chi connectivity index (χ4n) is 3.36. The molecule has 1 fully saturated rings. The SMILES string of the molecule is Cc1cc2c(=O)[nH]ccc2cc1OC1CCN(CC(C)C)CC1. The van der Waals surface area contributed by atoms with E-state index in [1.54, 1.807) is 6.20 Å². The molecule has 124 valence electrons. The number of rotatable bonds is 4. The Labute approximate surface area is 137 Å². The molecule has 1 aromatic heterocycles. The van der Waals surface area contributed by atoms with E-state index in [1.807, 2.05) is 25.1 Å². The Balaban J connectivity index is 1.70. The monoisotopic (exact) mass is 314 g/mol. The summed E-state index contributed by atoms with van der Waals surface area (Å²) < 4.78 is 6.25. The molecule has 0 saturated carbocycles. The Hall–Kier alpha value is -1.81. The molecule has 23 heavy (non-hydrogen) atoms. The van der Waals surface area contributed by atoms with Crippen LogP contribution in [0.15, 0.2) is 29.2 Å². The third-order valence-electron chi connectivity index (χ3n) is 4.52. The number of ether oxygens (including phenoxy) is 1. The summed E-state index contributed by atoms with van der Waals surface area (Å²) in [5, 5.41) is 1.66. The van der Waals surface area contributed by atoms with E-state index >= 15 is 0 Å². The van der Waals surface area contributed by atoms with Crippen molar-refractivity contribution < 1.29 is 4.74 Å². The van der Waals surface area contributed by atoms with Crippen molar-refractivity contribution in [1.29, 1.82) is 0 Å². The molecule has 1 aromatic carbocycles. The van der Waals surface area contributed by atoms with Gasteiger partial charge in [0.1, 0.15) is 11.9 Å². The number of nitrogens with one attached hydrogen (secondary N) is 1. The number of nitrogens with zero attached hydrogens (tertiary/aromatic N) is 1. The number of aromatic amines is 1. The molecule has 1 aliphatic heterocycles. The molecule has 3 rings (SSSR count). The minimum absolute atomic E-state index is 0.0425. The maximum absolute atomic E-state index is 11.9. The van der Waals surface area contributed by atoms with Crippen molar-refractivity contribution in [3.8, 4) is 5.75 Å². The fourth-order valence-corrected chi connectivity index (χ4v) is 3.36. The zero-order valence-electron chi connectivity index (χ0n) is 14.3. The van der Waals surface area contributed by atoms with Crippen molar-refractivity contribution in [3.63, 3.8) is 0 Å². The Bertz CT molecular complexity index is 728. The molecule has 1 N–H and O–H groups in total. The van der Waals surface area contributed by atoms with Crippen LogP contribution in [0.3, 0.4) is 0 Å². The van der Waals surface area contributed by atoms with Gasteiger partial charge in [-0.2, -0.15) is 0 Å². The molecule has 0 radical (unpaired) electrons. The first kappa shape index (κ1) is 16.1. The van der Waals surface area contributed by atoms with Crippen molar-refractivity contribution in [2.45, 2.75) is 39.7 Å². The summed E-state index contributed by atoms with van der Waals surface area (Å²) in [6.07, 6.45) is 4.10. The predicted molar refractivity (Wildman–Crippen MR) is 94.2 cm³/mol. The van der Waals surface area contributed by atoms with Crippen LogP contribution >= 0.6 is 0 Å². The first-order valence-electron chi connectivity index (χ1n) is 8.54. The normalized spacial score (nSPS) is 17.0. The molecule has 2 heterocycles. The smallest absolute Gasteiger partial charge is 0.255 e. The topological polar surface area (TPSA) is 45.3 Å². The number of fused-ring (bicyclic) bond motifs is 1. The Morgan fingerprint density at radius 3 is 2.74 bits per heavy atom. The van der Waals surface area contributed by atoms with E-state index in [2.05, 4.69) is 23.7 Å².